The quantitative estimate of drug-likeness (QED) is 0.425. The molecule has 0 radical (unpaired) electrons. The predicted octanol–water partition coefficient (Wildman–Crippen LogP) is 5.40. The standard InChI is InChI=1S/C16H35N.FH/c1-5-6-7-8-9-10-11-12-13-14-15-16(2)17(3)4;/h16H,5-15H2,1-4H3;1H. The van der Waals surface area contributed by atoms with E-state index in [0.717, 1.165) is 6.04 Å². The highest BCUT2D eigenvalue weighted by atomic mass is 19.0. The fraction of sp³-hybridized carbons (Fsp3) is 1.00. The van der Waals surface area contributed by atoms with Crippen molar-refractivity contribution < 1.29 is 4.70 Å². The molecule has 0 spiro atoms. The van der Waals surface area contributed by atoms with Crippen LogP contribution >= 0.6 is 0 Å². The molecule has 2 heteroatoms. The Bertz CT molecular complexity index is 148. The predicted molar refractivity (Wildman–Crippen MR) is 82.1 cm³/mol. The van der Waals surface area contributed by atoms with Crippen LogP contribution in [0.15, 0.2) is 0 Å². The van der Waals surface area contributed by atoms with Crippen molar-refractivity contribution in [3.63, 3.8) is 0 Å². The van der Waals surface area contributed by atoms with Crippen LogP contribution in [0, 0.1) is 0 Å². The van der Waals surface area contributed by atoms with Crippen molar-refractivity contribution in [2.75, 3.05) is 14.1 Å². The van der Waals surface area contributed by atoms with Gasteiger partial charge in [0.1, 0.15) is 0 Å². The number of nitrogens with zero attached hydrogens (tertiary/aromatic N) is 1. The molecule has 0 heterocycles. The third-order valence-electron chi connectivity index (χ3n) is 3.86. The number of unbranched alkanes of at least 4 members (excludes halogenated alkanes) is 9. The Kier molecular flexibility index (Phi) is 16.8. The molecular weight excluding hydrogens is 225 g/mol. The van der Waals surface area contributed by atoms with E-state index in [0.29, 0.717) is 0 Å². The summed E-state index contributed by atoms with van der Waals surface area (Å²) in [6.45, 7) is 4.61. The lowest BCUT2D eigenvalue weighted by molar-refractivity contribution is 0.291. The van der Waals surface area contributed by atoms with Crippen molar-refractivity contribution in [2.24, 2.45) is 0 Å². The normalized spacial score (nSPS) is 12.5. The summed E-state index contributed by atoms with van der Waals surface area (Å²) in [5.74, 6) is 0. The van der Waals surface area contributed by atoms with E-state index >= 15 is 0 Å². The molecule has 1 atom stereocenters. The molecule has 0 aromatic rings. The lowest BCUT2D eigenvalue weighted by Crippen LogP contribution is -2.24. The van der Waals surface area contributed by atoms with Crippen LogP contribution in [0.1, 0.15) is 84.5 Å². The minimum Gasteiger partial charge on any atom is -0.307 e. The van der Waals surface area contributed by atoms with Crippen LogP contribution in [-0.4, -0.2) is 25.0 Å². The third-order valence-corrected chi connectivity index (χ3v) is 3.86. The Morgan fingerprint density at radius 2 is 1.11 bits per heavy atom. The van der Waals surface area contributed by atoms with Gasteiger partial charge in [-0.1, -0.05) is 71.1 Å². The summed E-state index contributed by atoms with van der Waals surface area (Å²) in [5.41, 5.74) is 0. The van der Waals surface area contributed by atoms with E-state index in [4.69, 9.17) is 0 Å². The van der Waals surface area contributed by atoms with E-state index in [1.807, 2.05) is 0 Å². The minimum absolute atomic E-state index is 0. The molecule has 0 bridgehead atoms. The molecule has 0 aliphatic rings. The highest BCUT2D eigenvalue weighted by Crippen LogP contribution is 2.12. The fourth-order valence-corrected chi connectivity index (χ4v) is 2.19. The molecule has 0 N–H and O–H groups in total. The molecule has 0 saturated carbocycles. The van der Waals surface area contributed by atoms with Gasteiger partial charge in [0, 0.05) is 6.04 Å². The maximum atomic E-state index is 2.33. The molecule has 0 amide bonds. The zero-order valence-corrected chi connectivity index (χ0v) is 13.2. The van der Waals surface area contributed by atoms with Gasteiger partial charge in [0.15, 0.2) is 0 Å². The van der Waals surface area contributed by atoms with Gasteiger partial charge < -0.3 is 4.90 Å². The molecule has 18 heavy (non-hydrogen) atoms. The van der Waals surface area contributed by atoms with E-state index in [9.17, 15) is 0 Å². The van der Waals surface area contributed by atoms with Gasteiger partial charge in [0.05, 0.1) is 0 Å². The van der Waals surface area contributed by atoms with Gasteiger partial charge in [0.2, 0.25) is 0 Å². The molecule has 1 unspecified atom stereocenters. The van der Waals surface area contributed by atoms with Crippen molar-refractivity contribution in [1.29, 1.82) is 0 Å². The highest BCUT2D eigenvalue weighted by molar-refractivity contribution is 4.59. The van der Waals surface area contributed by atoms with Gasteiger partial charge in [-0.05, 0) is 27.4 Å². The first-order valence-electron chi connectivity index (χ1n) is 7.85. The molecule has 0 aliphatic carbocycles. The summed E-state index contributed by atoms with van der Waals surface area (Å²) < 4.78 is 0. The van der Waals surface area contributed by atoms with Gasteiger partial charge >= 0.3 is 0 Å². The van der Waals surface area contributed by atoms with Gasteiger partial charge in [0.25, 0.3) is 0 Å². The molecule has 0 fully saturated rings. The molecule has 0 aliphatic heterocycles. The van der Waals surface area contributed by atoms with Crippen LogP contribution in [0.4, 0.5) is 4.70 Å². The third kappa shape index (κ3) is 14.0. The zero-order chi connectivity index (χ0) is 12.9. The van der Waals surface area contributed by atoms with Crippen LogP contribution in [0.3, 0.4) is 0 Å². The Hall–Kier alpha value is -0.110. The second kappa shape index (κ2) is 14.9. The second-order valence-corrected chi connectivity index (χ2v) is 5.78. The number of halogens is 1. The molecule has 112 valence electrons. The maximum absolute atomic E-state index is 2.33. The smallest absolute Gasteiger partial charge is 0.00608 e. The van der Waals surface area contributed by atoms with Crippen LogP contribution < -0.4 is 0 Å². The SMILES string of the molecule is CCCCCCCCCCCCC(C)N(C)C.F. The monoisotopic (exact) mass is 261 g/mol. The van der Waals surface area contributed by atoms with Gasteiger partial charge in [-0.2, -0.15) is 0 Å². The van der Waals surface area contributed by atoms with Crippen LogP contribution in [0.2, 0.25) is 0 Å². The lowest BCUT2D eigenvalue weighted by atomic mass is 10.0. The van der Waals surface area contributed by atoms with Gasteiger partial charge in [-0.25, -0.2) is 0 Å². The summed E-state index contributed by atoms with van der Waals surface area (Å²) in [6.07, 6.45) is 15.8. The first-order valence-corrected chi connectivity index (χ1v) is 7.85. The zero-order valence-electron chi connectivity index (χ0n) is 13.2. The van der Waals surface area contributed by atoms with Gasteiger partial charge in [-0.3, -0.25) is 4.70 Å². The number of hydrogen-bond donors (Lipinski definition) is 0. The summed E-state index contributed by atoms with van der Waals surface area (Å²) in [7, 11) is 4.36. The summed E-state index contributed by atoms with van der Waals surface area (Å²) in [6, 6.07) is 0.754. The Balaban J connectivity index is 0. The highest BCUT2D eigenvalue weighted by Gasteiger charge is 2.02. The van der Waals surface area contributed by atoms with E-state index in [1.54, 1.807) is 0 Å². The minimum atomic E-state index is 0. The average Bonchev–Trinajstić information content (AvgIpc) is 2.31. The molecule has 0 aromatic heterocycles. The van der Waals surface area contributed by atoms with Crippen LogP contribution in [-0.2, 0) is 0 Å². The molecule has 0 saturated heterocycles. The molecular formula is C16H36FN. The Morgan fingerprint density at radius 1 is 0.722 bits per heavy atom. The van der Waals surface area contributed by atoms with Gasteiger partial charge in [-0.15, -0.1) is 0 Å². The summed E-state index contributed by atoms with van der Waals surface area (Å²) in [4.78, 5) is 2.33. The van der Waals surface area contributed by atoms with E-state index in [-0.39, 0.29) is 4.70 Å². The summed E-state index contributed by atoms with van der Waals surface area (Å²) >= 11 is 0. The van der Waals surface area contributed by atoms with Crippen molar-refractivity contribution in [1.82, 2.24) is 4.90 Å². The first kappa shape index (κ1) is 20.2. The van der Waals surface area contributed by atoms with E-state index < -0.39 is 0 Å². The maximum Gasteiger partial charge on any atom is 0.00608 e. The van der Waals surface area contributed by atoms with Crippen molar-refractivity contribution in [3.8, 4) is 0 Å². The largest absolute Gasteiger partial charge is 0.307 e. The number of rotatable bonds is 12. The molecule has 0 rings (SSSR count). The second-order valence-electron chi connectivity index (χ2n) is 5.78. The Morgan fingerprint density at radius 3 is 1.50 bits per heavy atom. The Labute approximate surface area is 115 Å². The van der Waals surface area contributed by atoms with Crippen LogP contribution in [0.25, 0.3) is 0 Å². The first-order chi connectivity index (χ1) is 8.18. The van der Waals surface area contributed by atoms with Crippen LogP contribution in [0.5, 0.6) is 0 Å². The molecule has 1 nitrogen and oxygen atoms in total. The summed E-state index contributed by atoms with van der Waals surface area (Å²) in [5, 5.41) is 0. The average molecular weight is 261 g/mol. The van der Waals surface area contributed by atoms with Crippen molar-refractivity contribution in [3.05, 3.63) is 0 Å². The van der Waals surface area contributed by atoms with Crippen molar-refractivity contribution in [2.45, 2.75) is 90.5 Å². The molecule has 0 aromatic carbocycles. The van der Waals surface area contributed by atoms with Crippen molar-refractivity contribution >= 4 is 0 Å². The van der Waals surface area contributed by atoms with E-state index in [1.165, 1.54) is 70.6 Å². The lowest BCUT2D eigenvalue weighted by Gasteiger charge is -2.19. The topological polar surface area (TPSA) is 3.24 Å². The van der Waals surface area contributed by atoms with E-state index in [2.05, 4.69) is 32.8 Å². The number of hydrogen-bond acceptors (Lipinski definition) is 1. The fourth-order valence-electron chi connectivity index (χ4n) is 2.19.